The second-order valence-corrected chi connectivity index (χ2v) is 7.98. The van der Waals surface area contributed by atoms with Gasteiger partial charge in [0.15, 0.2) is 0 Å². The number of carbonyl (C=O) groups excluding carboxylic acids is 2. The van der Waals surface area contributed by atoms with E-state index in [9.17, 15) is 9.59 Å². The molecule has 1 N–H and O–H groups in total. The number of nitrogens with one attached hydrogen (secondary N) is 1. The highest BCUT2D eigenvalue weighted by Crippen LogP contribution is 2.20. The van der Waals surface area contributed by atoms with Crippen molar-refractivity contribution >= 4 is 33.9 Å². The molecular weight excluding hydrogens is 370 g/mol. The Labute approximate surface area is 168 Å². The van der Waals surface area contributed by atoms with Gasteiger partial charge in [-0.1, -0.05) is 42.5 Å². The van der Waals surface area contributed by atoms with E-state index in [-0.39, 0.29) is 11.8 Å². The van der Waals surface area contributed by atoms with Gasteiger partial charge in [-0.3, -0.25) is 14.5 Å². The van der Waals surface area contributed by atoms with Crippen molar-refractivity contribution in [1.29, 1.82) is 0 Å². The fourth-order valence-electron chi connectivity index (χ4n) is 3.55. The van der Waals surface area contributed by atoms with E-state index in [2.05, 4.69) is 10.2 Å². The van der Waals surface area contributed by atoms with E-state index < -0.39 is 0 Å². The molecule has 0 aliphatic carbocycles. The molecule has 2 aromatic carbocycles. The van der Waals surface area contributed by atoms with Crippen LogP contribution in [0.2, 0.25) is 0 Å². The number of fused-ring (bicyclic) bond motifs is 1. The molecule has 28 heavy (non-hydrogen) atoms. The Morgan fingerprint density at radius 1 is 0.929 bits per heavy atom. The highest BCUT2D eigenvalue weighted by molar-refractivity contribution is 7.09. The highest BCUT2D eigenvalue weighted by Gasteiger charge is 2.24. The summed E-state index contributed by atoms with van der Waals surface area (Å²) in [6.07, 6.45) is 0. The van der Waals surface area contributed by atoms with Crippen molar-refractivity contribution in [2.75, 3.05) is 32.7 Å². The number of hydrogen-bond donors (Lipinski definition) is 1. The first-order valence-electron chi connectivity index (χ1n) is 9.49. The minimum atomic E-state index is 0.0298. The largest absolute Gasteiger partial charge is 0.350 e. The summed E-state index contributed by atoms with van der Waals surface area (Å²) in [5, 5.41) is 7.04. The van der Waals surface area contributed by atoms with E-state index in [0.29, 0.717) is 39.3 Å². The van der Waals surface area contributed by atoms with Crippen LogP contribution >= 0.6 is 11.3 Å². The van der Waals surface area contributed by atoms with Crippen molar-refractivity contribution < 1.29 is 9.59 Å². The Bertz CT molecular complexity index is 958. The third kappa shape index (κ3) is 4.24. The number of benzene rings is 2. The third-order valence-corrected chi connectivity index (χ3v) is 5.96. The summed E-state index contributed by atoms with van der Waals surface area (Å²) in [5.74, 6) is 0.0980. The molecule has 0 spiro atoms. The molecule has 2 amide bonds. The van der Waals surface area contributed by atoms with E-state index in [1.165, 1.54) is 0 Å². The maximum atomic E-state index is 13.0. The average molecular weight is 394 g/mol. The van der Waals surface area contributed by atoms with Gasteiger partial charge in [-0.05, 0) is 28.3 Å². The lowest BCUT2D eigenvalue weighted by Crippen LogP contribution is -2.51. The van der Waals surface area contributed by atoms with Gasteiger partial charge in [0, 0.05) is 36.6 Å². The summed E-state index contributed by atoms with van der Waals surface area (Å²) in [6.45, 7) is 3.66. The summed E-state index contributed by atoms with van der Waals surface area (Å²) < 4.78 is 0. The lowest BCUT2D eigenvalue weighted by molar-refractivity contribution is -0.122. The molecule has 0 saturated carbocycles. The number of carbonyl (C=O) groups is 2. The van der Waals surface area contributed by atoms with Crippen LogP contribution in [0.4, 0.5) is 0 Å². The third-order valence-electron chi connectivity index (χ3n) is 5.09. The van der Waals surface area contributed by atoms with Crippen molar-refractivity contribution in [3.8, 4) is 0 Å². The Hall–Kier alpha value is -2.70. The maximum absolute atomic E-state index is 13.0. The molecule has 4 rings (SSSR count). The molecule has 6 heteroatoms. The number of amides is 2. The average Bonchev–Trinajstić information content (AvgIpc) is 3.26. The predicted octanol–water partition coefficient (Wildman–Crippen LogP) is 2.98. The van der Waals surface area contributed by atoms with Gasteiger partial charge in [0.1, 0.15) is 0 Å². The van der Waals surface area contributed by atoms with Gasteiger partial charge in [0.25, 0.3) is 5.91 Å². The van der Waals surface area contributed by atoms with Gasteiger partial charge in [0.2, 0.25) is 5.91 Å². The molecule has 3 aromatic rings. The van der Waals surface area contributed by atoms with Crippen LogP contribution in [-0.4, -0.2) is 54.3 Å². The molecule has 5 nitrogen and oxygen atoms in total. The van der Waals surface area contributed by atoms with Gasteiger partial charge in [-0.25, -0.2) is 0 Å². The summed E-state index contributed by atoms with van der Waals surface area (Å²) in [5.41, 5.74) is 0.750. The minimum Gasteiger partial charge on any atom is -0.350 e. The second-order valence-electron chi connectivity index (χ2n) is 6.95. The Morgan fingerprint density at radius 3 is 2.50 bits per heavy atom. The van der Waals surface area contributed by atoms with Crippen LogP contribution in [0.15, 0.2) is 60.0 Å². The molecule has 1 saturated heterocycles. The summed E-state index contributed by atoms with van der Waals surface area (Å²) >= 11 is 1.64. The molecule has 1 aliphatic heterocycles. The van der Waals surface area contributed by atoms with Gasteiger partial charge in [-0.2, -0.15) is 0 Å². The number of thiophene rings is 1. The van der Waals surface area contributed by atoms with Gasteiger partial charge >= 0.3 is 0 Å². The zero-order chi connectivity index (χ0) is 19.3. The number of rotatable bonds is 5. The standard InChI is InChI=1S/C22H23N3O2S/c26-21(23-15-18-7-4-14-28-18)16-24-10-12-25(13-11-24)22(27)20-9-3-6-17-5-1-2-8-19(17)20/h1-9,14H,10-13,15-16H2,(H,23,26). The van der Waals surface area contributed by atoms with Crippen molar-refractivity contribution in [2.24, 2.45) is 0 Å². The monoisotopic (exact) mass is 393 g/mol. The molecule has 1 aliphatic rings. The van der Waals surface area contributed by atoms with Crippen LogP contribution < -0.4 is 5.32 Å². The zero-order valence-corrected chi connectivity index (χ0v) is 16.5. The van der Waals surface area contributed by atoms with E-state index >= 15 is 0 Å². The van der Waals surface area contributed by atoms with Crippen LogP contribution in [0.3, 0.4) is 0 Å². The quantitative estimate of drug-likeness (QED) is 0.725. The normalized spacial score (nSPS) is 14.9. The Balaban J connectivity index is 1.31. The molecular formula is C22H23N3O2S. The van der Waals surface area contributed by atoms with Crippen LogP contribution in [0.1, 0.15) is 15.2 Å². The molecule has 2 heterocycles. The summed E-state index contributed by atoms with van der Waals surface area (Å²) in [4.78, 5) is 30.3. The van der Waals surface area contributed by atoms with Crippen LogP contribution in [-0.2, 0) is 11.3 Å². The molecule has 1 aromatic heterocycles. The van der Waals surface area contributed by atoms with Crippen molar-refractivity contribution in [1.82, 2.24) is 15.1 Å². The fourth-order valence-corrected chi connectivity index (χ4v) is 4.19. The highest BCUT2D eigenvalue weighted by atomic mass is 32.1. The van der Waals surface area contributed by atoms with Crippen molar-refractivity contribution in [3.05, 3.63) is 70.4 Å². The van der Waals surface area contributed by atoms with E-state index in [4.69, 9.17) is 0 Å². The summed E-state index contributed by atoms with van der Waals surface area (Å²) in [6, 6.07) is 17.8. The van der Waals surface area contributed by atoms with Crippen molar-refractivity contribution in [2.45, 2.75) is 6.54 Å². The van der Waals surface area contributed by atoms with Crippen molar-refractivity contribution in [3.63, 3.8) is 0 Å². The summed E-state index contributed by atoms with van der Waals surface area (Å²) in [7, 11) is 0. The molecule has 0 atom stereocenters. The molecule has 0 bridgehead atoms. The molecule has 0 radical (unpaired) electrons. The van der Waals surface area contributed by atoms with Crippen LogP contribution in [0.5, 0.6) is 0 Å². The second kappa shape index (κ2) is 8.54. The van der Waals surface area contributed by atoms with E-state index in [1.807, 2.05) is 64.9 Å². The predicted molar refractivity (Wildman–Crippen MR) is 112 cm³/mol. The smallest absolute Gasteiger partial charge is 0.254 e. The fraction of sp³-hybridized carbons (Fsp3) is 0.273. The van der Waals surface area contributed by atoms with Gasteiger partial charge in [-0.15, -0.1) is 11.3 Å². The van der Waals surface area contributed by atoms with Crippen LogP contribution in [0.25, 0.3) is 10.8 Å². The minimum absolute atomic E-state index is 0.0298. The van der Waals surface area contributed by atoms with Crippen LogP contribution in [0, 0.1) is 0 Å². The first kappa shape index (κ1) is 18.7. The SMILES string of the molecule is O=C(CN1CCN(C(=O)c2cccc3ccccc23)CC1)NCc1cccs1. The lowest BCUT2D eigenvalue weighted by atomic mass is 10.0. The molecule has 144 valence electrons. The first-order chi connectivity index (χ1) is 13.7. The van der Waals surface area contributed by atoms with Gasteiger partial charge < -0.3 is 10.2 Å². The zero-order valence-electron chi connectivity index (χ0n) is 15.6. The van der Waals surface area contributed by atoms with E-state index in [0.717, 1.165) is 21.2 Å². The Morgan fingerprint density at radius 2 is 1.71 bits per heavy atom. The van der Waals surface area contributed by atoms with E-state index in [1.54, 1.807) is 11.3 Å². The number of piperazine rings is 1. The number of nitrogens with zero attached hydrogens (tertiary/aromatic N) is 2. The molecule has 0 unspecified atom stereocenters. The number of hydrogen-bond acceptors (Lipinski definition) is 4. The molecule has 1 fully saturated rings. The maximum Gasteiger partial charge on any atom is 0.254 e. The first-order valence-corrected chi connectivity index (χ1v) is 10.4. The Kier molecular flexibility index (Phi) is 5.69. The topological polar surface area (TPSA) is 52.7 Å². The van der Waals surface area contributed by atoms with Gasteiger partial charge in [0.05, 0.1) is 13.1 Å². The lowest BCUT2D eigenvalue weighted by Gasteiger charge is -2.34.